The first-order valence-corrected chi connectivity index (χ1v) is 10.7. The van der Waals surface area contributed by atoms with Gasteiger partial charge in [-0.1, -0.05) is 42.5 Å². The highest BCUT2D eigenvalue weighted by atomic mass is 32.1. The lowest BCUT2D eigenvalue weighted by Crippen LogP contribution is -2.23. The molecule has 0 atom stereocenters. The van der Waals surface area contributed by atoms with Gasteiger partial charge in [-0.15, -0.1) is 11.3 Å². The molecule has 3 heterocycles. The molecule has 1 saturated heterocycles. The summed E-state index contributed by atoms with van der Waals surface area (Å²) in [5.74, 6) is -0.272. The highest BCUT2D eigenvalue weighted by molar-refractivity contribution is 7.14. The molecule has 0 radical (unpaired) electrons. The third-order valence-corrected chi connectivity index (χ3v) is 6.14. The number of fused-ring (bicyclic) bond motifs is 3. The van der Waals surface area contributed by atoms with Crippen LogP contribution in [0.1, 0.15) is 24.2 Å². The van der Waals surface area contributed by atoms with Crippen LogP contribution < -0.4 is 4.90 Å². The number of para-hydroxylation sites is 1. The van der Waals surface area contributed by atoms with Gasteiger partial charge in [0, 0.05) is 29.1 Å². The minimum absolute atomic E-state index is 0.0735. The minimum atomic E-state index is -0.362. The summed E-state index contributed by atoms with van der Waals surface area (Å²) in [5, 5.41) is 5.62. The number of amides is 1. The Balaban J connectivity index is 1.31. The van der Waals surface area contributed by atoms with E-state index >= 15 is 0 Å². The van der Waals surface area contributed by atoms with Crippen LogP contribution in [0, 0.1) is 0 Å². The van der Waals surface area contributed by atoms with Crippen molar-refractivity contribution in [1.82, 2.24) is 9.97 Å². The van der Waals surface area contributed by atoms with Crippen LogP contribution in [-0.2, 0) is 27.4 Å². The second-order valence-corrected chi connectivity index (χ2v) is 8.07. The minimum Gasteiger partial charge on any atom is -0.459 e. The number of ether oxygens (including phenoxy) is 1. The summed E-state index contributed by atoms with van der Waals surface area (Å²) in [4.78, 5) is 35.1. The fourth-order valence-corrected chi connectivity index (χ4v) is 4.65. The van der Waals surface area contributed by atoms with E-state index in [0.717, 1.165) is 33.8 Å². The molecular weight excluding hydrogens is 398 g/mol. The smallest absolute Gasteiger partial charge is 0.312 e. The van der Waals surface area contributed by atoms with Gasteiger partial charge in [0.1, 0.15) is 6.61 Å². The lowest BCUT2D eigenvalue weighted by atomic mass is 10.0. The normalized spacial score (nSPS) is 14.0. The molecule has 7 heteroatoms. The molecule has 6 nitrogen and oxygen atoms in total. The van der Waals surface area contributed by atoms with Crippen LogP contribution in [0.4, 0.5) is 5.13 Å². The van der Waals surface area contributed by atoms with E-state index in [0.29, 0.717) is 23.8 Å². The van der Waals surface area contributed by atoms with E-state index in [1.807, 2.05) is 47.8 Å². The zero-order chi connectivity index (χ0) is 20.5. The third-order valence-electron chi connectivity index (χ3n) is 5.23. The van der Waals surface area contributed by atoms with Gasteiger partial charge in [-0.2, -0.15) is 0 Å². The monoisotopic (exact) mass is 417 g/mol. The first-order valence-electron chi connectivity index (χ1n) is 9.86. The Morgan fingerprint density at radius 1 is 1.03 bits per heavy atom. The molecule has 2 aromatic carbocycles. The first kappa shape index (κ1) is 18.7. The number of carbonyl (C=O) groups excluding carboxylic acids is 2. The average Bonchev–Trinajstić information content (AvgIpc) is 3.40. The van der Waals surface area contributed by atoms with Gasteiger partial charge in [0.25, 0.3) is 0 Å². The zero-order valence-corrected chi connectivity index (χ0v) is 17.0. The molecule has 150 valence electrons. The number of thiazole rings is 1. The van der Waals surface area contributed by atoms with Crippen LogP contribution in [0.25, 0.3) is 21.7 Å². The van der Waals surface area contributed by atoms with Gasteiger partial charge in [0.05, 0.1) is 23.3 Å². The Morgan fingerprint density at radius 2 is 1.80 bits per heavy atom. The highest BCUT2D eigenvalue weighted by Gasteiger charge is 2.24. The van der Waals surface area contributed by atoms with E-state index in [-0.39, 0.29) is 24.9 Å². The van der Waals surface area contributed by atoms with Gasteiger partial charge >= 0.3 is 5.97 Å². The number of anilines is 1. The predicted octanol–water partition coefficient (Wildman–Crippen LogP) is 4.26. The maximum Gasteiger partial charge on any atom is 0.312 e. The van der Waals surface area contributed by atoms with Gasteiger partial charge in [0.2, 0.25) is 5.91 Å². The molecular formula is C23H19N3O3S. The summed E-state index contributed by atoms with van der Waals surface area (Å²) >= 11 is 1.38. The molecule has 0 unspecified atom stereocenters. The SMILES string of the molecule is O=C(Cc1csc(N2CCCC2=O)n1)OCc1nc2ccccc2c2ccccc12. The topological polar surface area (TPSA) is 72.4 Å². The van der Waals surface area contributed by atoms with Gasteiger partial charge in [-0.25, -0.2) is 9.97 Å². The number of esters is 1. The number of hydrogen-bond donors (Lipinski definition) is 0. The van der Waals surface area contributed by atoms with E-state index < -0.39 is 0 Å². The summed E-state index contributed by atoms with van der Waals surface area (Å²) in [6.07, 6.45) is 1.48. The molecule has 1 fully saturated rings. The Bertz CT molecular complexity index is 1270. The summed E-state index contributed by atoms with van der Waals surface area (Å²) in [5.41, 5.74) is 2.23. The predicted molar refractivity (Wildman–Crippen MR) is 116 cm³/mol. The van der Waals surface area contributed by atoms with Crippen molar-refractivity contribution < 1.29 is 14.3 Å². The van der Waals surface area contributed by atoms with Crippen molar-refractivity contribution in [3.05, 3.63) is 65.3 Å². The number of aromatic nitrogens is 2. The molecule has 1 aliphatic heterocycles. The molecule has 0 N–H and O–H groups in total. The molecule has 5 rings (SSSR count). The second-order valence-electron chi connectivity index (χ2n) is 7.23. The molecule has 1 aliphatic rings. The lowest BCUT2D eigenvalue weighted by molar-refractivity contribution is -0.144. The van der Waals surface area contributed by atoms with Crippen LogP contribution in [0.2, 0.25) is 0 Å². The van der Waals surface area contributed by atoms with Crippen molar-refractivity contribution in [1.29, 1.82) is 0 Å². The number of nitrogens with zero attached hydrogens (tertiary/aromatic N) is 3. The molecule has 4 aromatic rings. The van der Waals surface area contributed by atoms with E-state index in [9.17, 15) is 9.59 Å². The number of benzene rings is 2. The fraction of sp³-hybridized carbons (Fsp3) is 0.217. The summed E-state index contributed by atoms with van der Waals surface area (Å²) in [6, 6.07) is 16.0. The Morgan fingerprint density at radius 3 is 2.60 bits per heavy atom. The van der Waals surface area contributed by atoms with Gasteiger partial charge in [0.15, 0.2) is 5.13 Å². The van der Waals surface area contributed by atoms with Crippen LogP contribution in [0.3, 0.4) is 0 Å². The number of rotatable bonds is 5. The summed E-state index contributed by atoms with van der Waals surface area (Å²) < 4.78 is 5.53. The van der Waals surface area contributed by atoms with Crippen LogP contribution in [0.5, 0.6) is 0 Å². The van der Waals surface area contributed by atoms with Crippen LogP contribution in [0.15, 0.2) is 53.9 Å². The summed E-state index contributed by atoms with van der Waals surface area (Å²) in [7, 11) is 0. The van der Waals surface area contributed by atoms with Crippen molar-refractivity contribution in [2.75, 3.05) is 11.4 Å². The van der Waals surface area contributed by atoms with Crippen LogP contribution in [-0.4, -0.2) is 28.4 Å². The molecule has 0 bridgehead atoms. The molecule has 1 amide bonds. The fourth-order valence-electron chi connectivity index (χ4n) is 3.78. The van der Waals surface area contributed by atoms with Crippen molar-refractivity contribution in [2.24, 2.45) is 0 Å². The van der Waals surface area contributed by atoms with E-state index in [2.05, 4.69) is 11.1 Å². The summed E-state index contributed by atoms with van der Waals surface area (Å²) in [6.45, 7) is 0.794. The third kappa shape index (κ3) is 3.52. The molecule has 0 saturated carbocycles. The highest BCUT2D eigenvalue weighted by Crippen LogP contribution is 2.27. The van der Waals surface area contributed by atoms with Crippen molar-refractivity contribution >= 4 is 50.0 Å². The van der Waals surface area contributed by atoms with E-state index in [1.165, 1.54) is 11.3 Å². The Kier molecular flexibility index (Phi) is 4.88. The number of hydrogen-bond acceptors (Lipinski definition) is 6. The molecule has 0 spiro atoms. The Hall–Kier alpha value is -3.32. The second kappa shape index (κ2) is 7.84. The van der Waals surface area contributed by atoms with E-state index in [1.54, 1.807) is 4.90 Å². The van der Waals surface area contributed by atoms with Gasteiger partial charge < -0.3 is 4.74 Å². The van der Waals surface area contributed by atoms with Crippen molar-refractivity contribution in [3.63, 3.8) is 0 Å². The van der Waals surface area contributed by atoms with Gasteiger partial charge in [-0.3, -0.25) is 14.5 Å². The van der Waals surface area contributed by atoms with Crippen molar-refractivity contribution in [3.8, 4) is 0 Å². The average molecular weight is 417 g/mol. The van der Waals surface area contributed by atoms with Gasteiger partial charge in [-0.05, 0) is 17.9 Å². The van der Waals surface area contributed by atoms with Crippen LogP contribution >= 0.6 is 11.3 Å². The quantitative estimate of drug-likeness (QED) is 0.358. The number of carbonyl (C=O) groups is 2. The molecule has 0 aliphatic carbocycles. The van der Waals surface area contributed by atoms with E-state index in [4.69, 9.17) is 9.72 Å². The number of pyridine rings is 1. The van der Waals surface area contributed by atoms with Crippen molar-refractivity contribution in [2.45, 2.75) is 25.9 Å². The first-order chi connectivity index (χ1) is 14.7. The lowest BCUT2D eigenvalue weighted by Gasteiger charge is -2.11. The maximum absolute atomic E-state index is 12.4. The zero-order valence-electron chi connectivity index (χ0n) is 16.2. The molecule has 30 heavy (non-hydrogen) atoms. The molecule has 2 aromatic heterocycles. The largest absolute Gasteiger partial charge is 0.459 e. The Labute approximate surface area is 177 Å². The maximum atomic E-state index is 12.4. The standard InChI is InChI=1S/C23H19N3O3S/c27-21-10-5-11-26(21)23-24-15(14-30-23)12-22(28)29-13-20-18-8-2-1-6-16(18)17-7-3-4-9-19(17)25-20/h1-4,6-9,14H,5,10-13H2.